The minimum Gasteiger partial charge on any atom is -0.496 e. The molecule has 0 saturated carbocycles. The van der Waals surface area contributed by atoms with Gasteiger partial charge in [-0.3, -0.25) is 9.59 Å². The van der Waals surface area contributed by atoms with Crippen molar-refractivity contribution in [2.24, 2.45) is 0 Å². The van der Waals surface area contributed by atoms with E-state index in [1.807, 2.05) is 31.2 Å². The van der Waals surface area contributed by atoms with Gasteiger partial charge < -0.3 is 14.6 Å². The van der Waals surface area contributed by atoms with Gasteiger partial charge >= 0.3 is 0 Å². The van der Waals surface area contributed by atoms with Crippen LogP contribution in [-0.4, -0.2) is 29.9 Å². The maximum Gasteiger partial charge on any atom is 0.266 e. The third-order valence-corrected chi connectivity index (χ3v) is 4.78. The van der Waals surface area contributed by atoms with E-state index in [0.717, 1.165) is 22.4 Å². The van der Waals surface area contributed by atoms with Crippen molar-refractivity contribution in [1.29, 1.82) is 5.26 Å². The third-order valence-electron chi connectivity index (χ3n) is 4.78. The summed E-state index contributed by atoms with van der Waals surface area (Å²) in [6.07, 6.45) is 0.764. The number of nitriles is 1. The van der Waals surface area contributed by atoms with E-state index in [9.17, 15) is 9.59 Å². The average Bonchev–Trinajstić information content (AvgIpc) is 2.61. The van der Waals surface area contributed by atoms with Crippen molar-refractivity contribution >= 4 is 5.91 Å². The molecule has 1 heterocycles. The number of nitrogens with zero attached hydrogens (tertiary/aromatic N) is 2. The van der Waals surface area contributed by atoms with Crippen molar-refractivity contribution in [2.45, 2.75) is 40.2 Å². The molecule has 0 aliphatic rings. The number of aromatic nitrogens is 1. The number of methoxy groups -OCH3 is 1. The number of hydrogen-bond acceptors (Lipinski definition) is 4. The average molecular weight is 367 g/mol. The molecule has 0 aliphatic carbocycles. The molecule has 1 N–H and O–H groups in total. The summed E-state index contributed by atoms with van der Waals surface area (Å²) >= 11 is 0. The van der Waals surface area contributed by atoms with E-state index in [-0.39, 0.29) is 17.0 Å². The fraction of sp³-hybridized carbons (Fsp3) is 0.381. The largest absolute Gasteiger partial charge is 0.496 e. The highest BCUT2D eigenvalue weighted by Crippen LogP contribution is 2.22. The van der Waals surface area contributed by atoms with Crippen molar-refractivity contribution in [3.63, 3.8) is 0 Å². The Morgan fingerprint density at radius 2 is 2.00 bits per heavy atom. The van der Waals surface area contributed by atoms with Crippen LogP contribution in [0.15, 0.2) is 23.0 Å². The summed E-state index contributed by atoms with van der Waals surface area (Å²) in [6.45, 7) is 5.99. The van der Waals surface area contributed by atoms with Gasteiger partial charge in [0.15, 0.2) is 0 Å². The lowest BCUT2D eigenvalue weighted by atomic mass is 9.99. The molecular weight excluding hydrogens is 342 g/mol. The van der Waals surface area contributed by atoms with Crippen LogP contribution >= 0.6 is 0 Å². The van der Waals surface area contributed by atoms with E-state index < -0.39 is 0 Å². The number of H-pyrrole nitrogens is 1. The molecule has 0 saturated heterocycles. The summed E-state index contributed by atoms with van der Waals surface area (Å²) < 4.78 is 5.38. The molecule has 0 fully saturated rings. The molecule has 27 heavy (non-hydrogen) atoms. The van der Waals surface area contributed by atoms with Crippen LogP contribution in [0.5, 0.6) is 5.75 Å². The van der Waals surface area contributed by atoms with Crippen LogP contribution in [0.1, 0.15) is 39.9 Å². The second kappa shape index (κ2) is 8.54. The van der Waals surface area contributed by atoms with Gasteiger partial charge in [-0.1, -0.05) is 17.7 Å². The standard InChI is InChI=1S/C21H25N3O3/c1-13-6-8-19(27-5)16(10-13)12-24(4)20(25)9-7-17-14(2)18(11-22)21(26)23-15(17)3/h6,8,10H,7,9,12H2,1-5H3,(H,23,26). The fourth-order valence-electron chi connectivity index (χ4n) is 3.22. The zero-order valence-corrected chi connectivity index (χ0v) is 16.5. The number of aryl methyl sites for hydroxylation is 2. The molecule has 0 aliphatic heterocycles. The molecule has 0 bridgehead atoms. The molecule has 142 valence electrons. The lowest BCUT2D eigenvalue weighted by Crippen LogP contribution is -2.27. The minimum absolute atomic E-state index is 0.0120. The number of carbonyl (C=O) groups is 1. The van der Waals surface area contributed by atoms with Gasteiger partial charge in [0.1, 0.15) is 17.4 Å². The molecule has 1 amide bonds. The first-order valence-corrected chi connectivity index (χ1v) is 8.78. The predicted molar refractivity (Wildman–Crippen MR) is 104 cm³/mol. The molecule has 1 aromatic heterocycles. The van der Waals surface area contributed by atoms with Crippen molar-refractivity contribution in [1.82, 2.24) is 9.88 Å². The zero-order valence-electron chi connectivity index (χ0n) is 16.5. The van der Waals surface area contributed by atoms with E-state index in [1.165, 1.54) is 0 Å². The molecule has 2 aromatic rings. The molecule has 0 spiro atoms. The Hall–Kier alpha value is -3.07. The van der Waals surface area contributed by atoms with Gasteiger partial charge in [0, 0.05) is 31.3 Å². The highest BCUT2D eigenvalue weighted by molar-refractivity contribution is 5.76. The van der Waals surface area contributed by atoms with Gasteiger partial charge in [0.25, 0.3) is 5.56 Å². The molecule has 0 atom stereocenters. The van der Waals surface area contributed by atoms with Crippen molar-refractivity contribution in [3.05, 3.63) is 62.1 Å². The molecule has 0 radical (unpaired) electrons. The molecule has 6 heteroatoms. The highest BCUT2D eigenvalue weighted by Gasteiger charge is 2.16. The molecule has 6 nitrogen and oxygen atoms in total. The van der Waals surface area contributed by atoms with E-state index in [0.29, 0.717) is 30.6 Å². The van der Waals surface area contributed by atoms with Crippen molar-refractivity contribution < 1.29 is 9.53 Å². The van der Waals surface area contributed by atoms with E-state index in [4.69, 9.17) is 10.00 Å². The summed E-state index contributed by atoms with van der Waals surface area (Å²) in [5.41, 5.74) is 3.99. The van der Waals surface area contributed by atoms with E-state index in [2.05, 4.69) is 4.98 Å². The Morgan fingerprint density at radius 3 is 2.63 bits per heavy atom. The minimum atomic E-state index is -0.383. The van der Waals surface area contributed by atoms with Crippen LogP contribution in [0.2, 0.25) is 0 Å². The lowest BCUT2D eigenvalue weighted by Gasteiger charge is -2.20. The first kappa shape index (κ1) is 20.2. The Bertz CT molecular complexity index is 954. The number of hydrogen-bond donors (Lipinski definition) is 1. The van der Waals surface area contributed by atoms with Gasteiger partial charge in [-0.05, 0) is 44.4 Å². The van der Waals surface area contributed by atoms with Gasteiger partial charge in [-0.25, -0.2) is 0 Å². The monoisotopic (exact) mass is 367 g/mol. The summed E-state index contributed by atoms with van der Waals surface area (Å²) in [7, 11) is 3.38. The van der Waals surface area contributed by atoms with Crippen LogP contribution in [0.3, 0.4) is 0 Å². The first-order chi connectivity index (χ1) is 12.8. The highest BCUT2D eigenvalue weighted by atomic mass is 16.5. The van der Waals surface area contributed by atoms with Crippen LogP contribution < -0.4 is 10.3 Å². The first-order valence-electron chi connectivity index (χ1n) is 8.78. The zero-order chi connectivity index (χ0) is 20.1. The predicted octanol–water partition coefficient (Wildman–Crippen LogP) is 2.77. The van der Waals surface area contributed by atoms with Crippen LogP contribution in [0.25, 0.3) is 0 Å². The maximum atomic E-state index is 12.6. The molecule has 0 unspecified atom stereocenters. The lowest BCUT2D eigenvalue weighted by molar-refractivity contribution is -0.130. The Labute approximate surface area is 159 Å². The number of ether oxygens (including phenoxy) is 1. The number of pyridine rings is 1. The fourth-order valence-corrected chi connectivity index (χ4v) is 3.22. The summed E-state index contributed by atoms with van der Waals surface area (Å²) in [5.74, 6) is 0.744. The third kappa shape index (κ3) is 4.56. The maximum absolute atomic E-state index is 12.6. The number of carbonyl (C=O) groups excluding carboxylic acids is 1. The Kier molecular flexibility index (Phi) is 6.40. The SMILES string of the molecule is COc1ccc(C)cc1CN(C)C(=O)CCc1c(C)[nH]c(=O)c(C#N)c1C. The normalized spacial score (nSPS) is 10.4. The van der Waals surface area contributed by atoms with Crippen LogP contribution in [0, 0.1) is 32.1 Å². The quantitative estimate of drug-likeness (QED) is 0.850. The van der Waals surface area contributed by atoms with Crippen molar-refractivity contribution in [3.8, 4) is 11.8 Å². The number of rotatable bonds is 6. The van der Waals surface area contributed by atoms with Crippen LogP contribution in [0.4, 0.5) is 0 Å². The van der Waals surface area contributed by atoms with Crippen molar-refractivity contribution in [2.75, 3.05) is 14.2 Å². The van der Waals surface area contributed by atoms with Gasteiger partial charge in [-0.2, -0.15) is 5.26 Å². The summed E-state index contributed by atoms with van der Waals surface area (Å²) in [6, 6.07) is 7.82. The van der Waals surface area contributed by atoms with Gasteiger partial charge in [0.05, 0.1) is 7.11 Å². The van der Waals surface area contributed by atoms with Crippen LogP contribution in [-0.2, 0) is 17.8 Å². The molecule has 1 aromatic carbocycles. The van der Waals surface area contributed by atoms with Gasteiger partial charge in [-0.15, -0.1) is 0 Å². The number of amides is 1. The Balaban J connectivity index is 2.12. The molecule has 2 rings (SSSR count). The smallest absolute Gasteiger partial charge is 0.266 e. The molecular formula is C21H25N3O3. The Morgan fingerprint density at radius 1 is 1.30 bits per heavy atom. The summed E-state index contributed by atoms with van der Waals surface area (Å²) in [4.78, 5) is 28.8. The van der Waals surface area contributed by atoms with Gasteiger partial charge in [0.2, 0.25) is 5.91 Å². The van der Waals surface area contributed by atoms with E-state index in [1.54, 1.807) is 32.9 Å². The topological polar surface area (TPSA) is 86.2 Å². The number of nitrogens with one attached hydrogen (secondary N) is 1. The number of benzene rings is 1. The number of aromatic amines is 1. The summed E-state index contributed by atoms with van der Waals surface area (Å²) in [5, 5.41) is 9.16. The van der Waals surface area contributed by atoms with E-state index >= 15 is 0 Å². The second-order valence-electron chi connectivity index (χ2n) is 6.73. The second-order valence-corrected chi connectivity index (χ2v) is 6.73.